The zero-order chi connectivity index (χ0) is 14.3. The maximum absolute atomic E-state index is 13.5. The molecule has 0 aliphatic carbocycles. The largest absolute Gasteiger partial charge is 0.494 e. The van der Waals surface area contributed by atoms with Crippen LogP contribution in [0.4, 0.5) is 4.39 Å². The van der Waals surface area contributed by atoms with Crippen molar-refractivity contribution in [1.82, 2.24) is 5.32 Å². The Balaban J connectivity index is 2.74. The molecule has 1 atom stereocenters. The van der Waals surface area contributed by atoms with Gasteiger partial charge in [-0.1, -0.05) is 12.1 Å². The van der Waals surface area contributed by atoms with Crippen LogP contribution in [-0.2, 0) is 11.2 Å². The molecule has 0 saturated heterocycles. The molecule has 0 fully saturated rings. The Labute approximate surface area is 111 Å². The number of benzene rings is 1. The van der Waals surface area contributed by atoms with E-state index in [1.807, 2.05) is 0 Å². The van der Waals surface area contributed by atoms with E-state index in [-0.39, 0.29) is 18.2 Å². The molecule has 0 spiro atoms. The lowest BCUT2D eigenvalue weighted by molar-refractivity contribution is -0.137. The molecule has 0 saturated carbocycles. The number of aliphatic carboxylic acids is 1. The topological polar surface area (TPSA) is 58.6 Å². The third-order valence-corrected chi connectivity index (χ3v) is 2.67. The average molecular weight is 267 g/mol. The van der Waals surface area contributed by atoms with E-state index < -0.39 is 11.8 Å². The van der Waals surface area contributed by atoms with Gasteiger partial charge in [0.05, 0.1) is 13.5 Å². The second-order valence-electron chi connectivity index (χ2n) is 4.16. The first-order valence-electron chi connectivity index (χ1n) is 5.95. The Hall–Kier alpha value is -1.88. The highest BCUT2D eigenvalue weighted by molar-refractivity contribution is 5.67. The number of ether oxygens (including phenoxy) is 1. The first kappa shape index (κ1) is 15.2. The molecule has 1 unspecified atom stereocenters. The van der Waals surface area contributed by atoms with E-state index in [2.05, 4.69) is 11.9 Å². The fourth-order valence-corrected chi connectivity index (χ4v) is 1.80. The summed E-state index contributed by atoms with van der Waals surface area (Å²) >= 11 is 0. The number of methoxy groups -OCH3 is 1. The van der Waals surface area contributed by atoms with Gasteiger partial charge in [0.2, 0.25) is 0 Å². The summed E-state index contributed by atoms with van der Waals surface area (Å²) in [5, 5.41) is 11.9. The van der Waals surface area contributed by atoms with Gasteiger partial charge in [-0.25, -0.2) is 4.39 Å². The molecule has 0 aliphatic heterocycles. The van der Waals surface area contributed by atoms with E-state index >= 15 is 0 Å². The highest BCUT2D eigenvalue weighted by Crippen LogP contribution is 2.19. The van der Waals surface area contributed by atoms with Crippen LogP contribution in [0.2, 0.25) is 0 Å². The van der Waals surface area contributed by atoms with Crippen LogP contribution in [0.15, 0.2) is 30.9 Å². The van der Waals surface area contributed by atoms with Crippen LogP contribution in [0.5, 0.6) is 5.75 Å². The van der Waals surface area contributed by atoms with Crippen molar-refractivity contribution in [3.05, 3.63) is 42.2 Å². The molecule has 19 heavy (non-hydrogen) atoms. The van der Waals surface area contributed by atoms with Crippen molar-refractivity contribution >= 4 is 5.97 Å². The summed E-state index contributed by atoms with van der Waals surface area (Å²) in [4.78, 5) is 10.8. The molecule has 0 radical (unpaired) electrons. The van der Waals surface area contributed by atoms with Gasteiger partial charge in [0, 0.05) is 12.6 Å². The van der Waals surface area contributed by atoms with Gasteiger partial charge >= 0.3 is 5.97 Å². The van der Waals surface area contributed by atoms with Crippen molar-refractivity contribution in [2.24, 2.45) is 0 Å². The number of carboxylic acid groups (broad SMARTS) is 1. The van der Waals surface area contributed by atoms with E-state index in [1.54, 1.807) is 12.1 Å². The van der Waals surface area contributed by atoms with Crippen LogP contribution < -0.4 is 10.1 Å². The normalized spacial score (nSPS) is 11.9. The van der Waals surface area contributed by atoms with Gasteiger partial charge in [-0.15, -0.1) is 6.58 Å². The molecule has 0 amide bonds. The lowest BCUT2D eigenvalue weighted by atomic mass is 10.0. The van der Waals surface area contributed by atoms with Crippen molar-refractivity contribution in [3.63, 3.8) is 0 Å². The van der Waals surface area contributed by atoms with Crippen LogP contribution >= 0.6 is 0 Å². The maximum atomic E-state index is 13.5. The Morgan fingerprint density at radius 2 is 2.37 bits per heavy atom. The van der Waals surface area contributed by atoms with Gasteiger partial charge in [0.15, 0.2) is 11.6 Å². The number of nitrogens with one attached hydrogen (secondary N) is 1. The lowest BCUT2D eigenvalue weighted by Gasteiger charge is -2.16. The molecule has 0 heterocycles. The van der Waals surface area contributed by atoms with Crippen LogP contribution in [-0.4, -0.2) is 30.8 Å². The standard InChI is InChI=1S/C14H18FNO3/c1-3-6-16-11(9-14(17)18)7-10-4-5-13(19-2)12(15)8-10/h3-5,8,11,16H,1,6-7,9H2,2H3,(H,17,18). The summed E-state index contributed by atoms with van der Waals surface area (Å²) in [7, 11) is 1.40. The molecule has 4 nitrogen and oxygen atoms in total. The minimum atomic E-state index is -0.893. The summed E-state index contributed by atoms with van der Waals surface area (Å²) in [6.45, 7) is 4.08. The zero-order valence-electron chi connectivity index (χ0n) is 10.9. The summed E-state index contributed by atoms with van der Waals surface area (Å²) in [6.07, 6.45) is 2.06. The SMILES string of the molecule is C=CCNC(CC(=O)O)Cc1ccc(OC)c(F)c1. The molecule has 5 heteroatoms. The monoisotopic (exact) mass is 267 g/mol. The van der Waals surface area contributed by atoms with Crippen LogP contribution in [0.25, 0.3) is 0 Å². The number of carboxylic acids is 1. The fraction of sp³-hybridized carbons (Fsp3) is 0.357. The minimum absolute atomic E-state index is 0.0263. The van der Waals surface area contributed by atoms with Crippen molar-refractivity contribution < 1.29 is 19.0 Å². The molecule has 104 valence electrons. The van der Waals surface area contributed by atoms with Crippen LogP contribution in [0, 0.1) is 5.82 Å². The quantitative estimate of drug-likeness (QED) is 0.707. The summed E-state index contributed by atoms with van der Waals surface area (Å²) in [5.74, 6) is -1.16. The minimum Gasteiger partial charge on any atom is -0.494 e. The zero-order valence-corrected chi connectivity index (χ0v) is 10.9. The molecule has 2 N–H and O–H groups in total. The predicted octanol–water partition coefficient (Wildman–Crippen LogP) is 2.00. The van der Waals surface area contributed by atoms with E-state index in [1.165, 1.54) is 19.2 Å². The number of rotatable bonds is 8. The number of hydrogen-bond donors (Lipinski definition) is 2. The van der Waals surface area contributed by atoms with E-state index in [4.69, 9.17) is 9.84 Å². The highest BCUT2D eigenvalue weighted by Gasteiger charge is 2.14. The van der Waals surface area contributed by atoms with E-state index in [0.29, 0.717) is 13.0 Å². The second-order valence-corrected chi connectivity index (χ2v) is 4.16. The average Bonchev–Trinajstić information content (AvgIpc) is 2.35. The highest BCUT2D eigenvalue weighted by atomic mass is 19.1. The molecular weight excluding hydrogens is 249 g/mol. The molecule has 1 aromatic carbocycles. The van der Waals surface area contributed by atoms with Gasteiger partial charge < -0.3 is 15.2 Å². The van der Waals surface area contributed by atoms with Gasteiger partial charge in [0.25, 0.3) is 0 Å². The van der Waals surface area contributed by atoms with Crippen molar-refractivity contribution in [1.29, 1.82) is 0 Å². The molecule has 0 bridgehead atoms. The van der Waals surface area contributed by atoms with E-state index in [0.717, 1.165) is 5.56 Å². The predicted molar refractivity (Wildman–Crippen MR) is 70.9 cm³/mol. The Morgan fingerprint density at radius 3 is 2.89 bits per heavy atom. The third kappa shape index (κ3) is 5.09. The van der Waals surface area contributed by atoms with Gasteiger partial charge in [-0.05, 0) is 24.1 Å². The summed E-state index contributed by atoms with van der Waals surface area (Å²) < 4.78 is 18.4. The van der Waals surface area contributed by atoms with E-state index in [9.17, 15) is 9.18 Å². The molecule has 1 rings (SSSR count). The van der Waals surface area contributed by atoms with Gasteiger partial charge in [-0.3, -0.25) is 4.79 Å². The van der Waals surface area contributed by atoms with Crippen molar-refractivity contribution in [2.45, 2.75) is 18.9 Å². The maximum Gasteiger partial charge on any atom is 0.304 e. The van der Waals surface area contributed by atoms with Crippen molar-refractivity contribution in [3.8, 4) is 5.75 Å². The van der Waals surface area contributed by atoms with Gasteiger partial charge in [-0.2, -0.15) is 0 Å². The summed E-state index contributed by atoms with van der Waals surface area (Å²) in [6, 6.07) is 4.37. The first-order valence-corrected chi connectivity index (χ1v) is 5.95. The summed E-state index contributed by atoms with van der Waals surface area (Å²) in [5.41, 5.74) is 0.723. The number of halogens is 1. The van der Waals surface area contributed by atoms with Crippen molar-refractivity contribution in [2.75, 3.05) is 13.7 Å². The smallest absolute Gasteiger partial charge is 0.304 e. The van der Waals surface area contributed by atoms with Gasteiger partial charge in [0.1, 0.15) is 0 Å². The lowest BCUT2D eigenvalue weighted by Crippen LogP contribution is -2.33. The second kappa shape index (κ2) is 7.53. The molecule has 1 aromatic rings. The third-order valence-electron chi connectivity index (χ3n) is 2.67. The number of hydrogen-bond acceptors (Lipinski definition) is 3. The Kier molecular flexibility index (Phi) is 6.02. The number of carbonyl (C=O) groups is 1. The Morgan fingerprint density at radius 1 is 1.63 bits per heavy atom. The van der Waals surface area contributed by atoms with Crippen LogP contribution in [0.1, 0.15) is 12.0 Å². The molecule has 0 aliphatic rings. The first-order chi connectivity index (χ1) is 9.06. The molecule has 0 aromatic heterocycles. The Bertz CT molecular complexity index is 448. The van der Waals surface area contributed by atoms with Crippen LogP contribution in [0.3, 0.4) is 0 Å². The molecular formula is C14H18FNO3. The fourth-order valence-electron chi connectivity index (χ4n) is 1.80.